The minimum Gasteiger partial charge on any atom is -0.324 e. The van der Waals surface area contributed by atoms with Crippen molar-refractivity contribution in [2.24, 2.45) is 0 Å². The van der Waals surface area contributed by atoms with Gasteiger partial charge in [0.1, 0.15) is 6.54 Å². The van der Waals surface area contributed by atoms with Gasteiger partial charge in [0.2, 0.25) is 5.91 Å². The van der Waals surface area contributed by atoms with Gasteiger partial charge in [0, 0.05) is 16.4 Å². The van der Waals surface area contributed by atoms with Crippen LogP contribution in [0.4, 0.5) is 11.4 Å². The van der Waals surface area contributed by atoms with Crippen molar-refractivity contribution in [3.8, 4) is 0 Å². The number of nitrogens with zero attached hydrogens (tertiary/aromatic N) is 3. The van der Waals surface area contributed by atoms with Crippen LogP contribution in [0.3, 0.4) is 0 Å². The Morgan fingerprint density at radius 1 is 1.03 bits per heavy atom. The molecule has 8 heteroatoms. The average molecular weight is 412 g/mol. The van der Waals surface area contributed by atoms with Crippen LogP contribution in [0.25, 0.3) is 0 Å². The molecule has 2 amide bonds. The van der Waals surface area contributed by atoms with E-state index < -0.39 is 5.91 Å². The summed E-state index contributed by atoms with van der Waals surface area (Å²) in [7, 11) is 0. The number of halogens is 1. The molecule has 0 aliphatic rings. The van der Waals surface area contributed by atoms with E-state index in [2.05, 4.69) is 20.9 Å². The van der Waals surface area contributed by atoms with Crippen molar-refractivity contribution >= 4 is 34.8 Å². The second kappa shape index (κ2) is 8.45. The Balaban J connectivity index is 1.70. The molecular weight excluding hydrogens is 390 g/mol. The first-order valence-electron chi connectivity index (χ1n) is 9.10. The summed E-state index contributed by atoms with van der Waals surface area (Å²) in [6.07, 6.45) is 0. The van der Waals surface area contributed by atoms with Crippen LogP contribution in [-0.4, -0.2) is 26.8 Å². The molecule has 3 aromatic rings. The minimum absolute atomic E-state index is 0.0460. The molecule has 0 radical (unpaired) electrons. The van der Waals surface area contributed by atoms with E-state index in [-0.39, 0.29) is 18.1 Å². The maximum Gasteiger partial charge on any atom is 0.278 e. The molecule has 0 atom stereocenters. The van der Waals surface area contributed by atoms with Gasteiger partial charge in [-0.05, 0) is 57.0 Å². The molecule has 29 heavy (non-hydrogen) atoms. The summed E-state index contributed by atoms with van der Waals surface area (Å²) in [5.74, 6) is -0.656. The van der Waals surface area contributed by atoms with Crippen LogP contribution in [0.5, 0.6) is 0 Å². The maximum absolute atomic E-state index is 12.6. The zero-order valence-corrected chi connectivity index (χ0v) is 17.5. The first-order chi connectivity index (χ1) is 13.8. The smallest absolute Gasteiger partial charge is 0.278 e. The standard InChI is InChI=1S/C21H22ClN5O2/c1-12-8-9-17(13(2)10-12)23-19(28)11-27-15(4)20(25-26-27)21(29)24-18-7-5-6-16(22)14(18)3/h5-10H,11H2,1-4H3,(H,23,28)(H,24,29). The summed E-state index contributed by atoms with van der Waals surface area (Å²) >= 11 is 6.09. The number of hydrogen-bond acceptors (Lipinski definition) is 4. The number of hydrogen-bond donors (Lipinski definition) is 2. The molecule has 2 N–H and O–H groups in total. The lowest BCUT2D eigenvalue weighted by atomic mass is 10.1. The number of carbonyl (C=O) groups is 2. The largest absolute Gasteiger partial charge is 0.324 e. The number of rotatable bonds is 5. The van der Waals surface area contributed by atoms with E-state index in [1.54, 1.807) is 25.1 Å². The molecule has 1 aromatic heterocycles. The predicted octanol–water partition coefficient (Wildman–Crippen LogP) is 4.06. The normalized spacial score (nSPS) is 10.7. The predicted molar refractivity (Wildman–Crippen MR) is 113 cm³/mol. The van der Waals surface area contributed by atoms with E-state index >= 15 is 0 Å². The Bertz CT molecular complexity index is 1090. The molecular formula is C21H22ClN5O2. The number of amides is 2. The Kier molecular flexibility index (Phi) is 5.98. The lowest BCUT2D eigenvalue weighted by Crippen LogP contribution is -2.21. The number of aromatic nitrogens is 3. The van der Waals surface area contributed by atoms with E-state index in [0.717, 1.165) is 22.4 Å². The van der Waals surface area contributed by atoms with Crippen LogP contribution >= 0.6 is 11.6 Å². The second-order valence-corrected chi connectivity index (χ2v) is 7.32. The van der Waals surface area contributed by atoms with Gasteiger partial charge in [-0.25, -0.2) is 4.68 Å². The second-order valence-electron chi connectivity index (χ2n) is 6.91. The summed E-state index contributed by atoms with van der Waals surface area (Å²) in [4.78, 5) is 25.0. The molecule has 7 nitrogen and oxygen atoms in total. The van der Waals surface area contributed by atoms with Gasteiger partial charge in [-0.2, -0.15) is 0 Å². The summed E-state index contributed by atoms with van der Waals surface area (Å²) in [5, 5.41) is 14.1. The molecule has 2 aromatic carbocycles. The van der Waals surface area contributed by atoms with Gasteiger partial charge < -0.3 is 10.6 Å². The maximum atomic E-state index is 12.6. The molecule has 0 bridgehead atoms. The Hall–Kier alpha value is -3.19. The van der Waals surface area contributed by atoms with E-state index in [1.165, 1.54) is 4.68 Å². The third kappa shape index (κ3) is 4.63. The number of aryl methyl sites for hydroxylation is 2. The highest BCUT2D eigenvalue weighted by Crippen LogP contribution is 2.23. The van der Waals surface area contributed by atoms with E-state index in [0.29, 0.717) is 16.4 Å². The van der Waals surface area contributed by atoms with Crippen molar-refractivity contribution in [1.82, 2.24) is 15.0 Å². The van der Waals surface area contributed by atoms with E-state index in [4.69, 9.17) is 11.6 Å². The molecule has 0 aliphatic carbocycles. The Morgan fingerprint density at radius 2 is 1.79 bits per heavy atom. The minimum atomic E-state index is -0.408. The summed E-state index contributed by atoms with van der Waals surface area (Å²) in [6, 6.07) is 11.1. The van der Waals surface area contributed by atoms with Crippen LogP contribution < -0.4 is 10.6 Å². The molecule has 0 saturated heterocycles. The van der Waals surface area contributed by atoms with Crippen molar-refractivity contribution in [3.63, 3.8) is 0 Å². The third-order valence-corrected chi connectivity index (χ3v) is 5.07. The van der Waals surface area contributed by atoms with Crippen molar-refractivity contribution in [1.29, 1.82) is 0 Å². The van der Waals surface area contributed by atoms with Gasteiger partial charge >= 0.3 is 0 Å². The highest BCUT2D eigenvalue weighted by atomic mass is 35.5. The fourth-order valence-corrected chi connectivity index (χ4v) is 3.10. The highest BCUT2D eigenvalue weighted by Gasteiger charge is 2.19. The number of benzene rings is 2. The molecule has 0 unspecified atom stereocenters. The molecule has 3 rings (SSSR count). The topological polar surface area (TPSA) is 88.9 Å². The van der Waals surface area contributed by atoms with Gasteiger partial charge in [-0.3, -0.25) is 9.59 Å². The number of anilines is 2. The van der Waals surface area contributed by atoms with Crippen LogP contribution in [0.1, 0.15) is 32.9 Å². The fraction of sp³-hybridized carbons (Fsp3) is 0.238. The van der Waals surface area contributed by atoms with Gasteiger partial charge in [0.05, 0.1) is 5.69 Å². The zero-order chi connectivity index (χ0) is 21.1. The van der Waals surface area contributed by atoms with Crippen molar-refractivity contribution in [2.45, 2.75) is 34.2 Å². The molecule has 0 fully saturated rings. The van der Waals surface area contributed by atoms with Crippen molar-refractivity contribution in [2.75, 3.05) is 10.6 Å². The Labute approximate surface area is 174 Å². The van der Waals surface area contributed by atoms with Gasteiger partial charge in [-0.1, -0.05) is 40.6 Å². The number of nitrogens with one attached hydrogen (secondary N) is 2. The van der Waals surface area contributed by atoms with E-state index in [1.807, 2.05) is 39.0 Å². The first kappa shape index (κ1) is 20.5. The van der Waals surface area contributed by atoms with Crippen LogP contribution in [0, 0.1) is 27.7 Å². The summed E-state index contributed by atoms with van der Waals surface area (Å²) in [5.41, 5.74) is 4.86. The first-order valence-corrected chi connectivity index (χ1v) is 9.47. The van der Waals surface area contributed by atoms with Gasteiger partial charge in [-0.15, -0.1) is 5.10 Å². The SMILES string of the molecule is Cc1ccc(NC(=O)Cn2nnc(C(=O)Nc3cccc(Cl)c3C)c2C)c(C)c1. The zero-order valence-electron chi connectivity index (χ0n) is 16.7. The van der Waals surface area contributed by atoms with Gasteiger partial charge in [0.15, 0.2) is 5.69 Å². The Morgan fingerprint density at radius 3 is 2.52 bits per heavy atom. The quantitative estimate of drug-likeness (QED) is 0.662. The molecule has 150 valence electrons. The monoisotopic (exact) mass is 411 g/mol. The van der Waals surface area contributed by atoms with Crippen LogP contribution in [-0.2, 0) is 11.3 Å². The summed E-state index contributed by atoms with van der Waals surface area (Å²) < 4.78 is 1.40. The van der Waals surface area contributed by atoms with Crippen molar-refractivity contribution < 1.29 is 9.59 Å². The van der Waals surface area contributed by atoms with Gasteiger partial charge in [0.25, 0.3) is 5.91 Å². The molecule has 0 saturated carbocycles. The average Bonchev–Trinajstić information content (AvgIpc) is 3.02. The van der Waals surface area contributed by atoms with E-state index in [9.17, 15) is 9.59 Å². The third-order valence-electron chi connectivity index (χ3n) is 4.66. The summed E-state index contributed by atoms with van der Waals surface area (Å²) in [6.45, 7) is 7.40. The molecule has 1 heterocycles. The highest BCUT2D eigenvalue weighted by molar-refractivity contribution is 6.31. The van der Waals surface area contributed by atoms with Crippen LogP contribution in [0.2, 0.25) is 5.02 Å². The lowest BCUT2D eigenvalue weighted by molar-refractivity contribution is -0.117. The molecule has 0 spiro atoms. The van der Waals surface area contributed by atoms with Crippen molar-refractivity contribution in [3.05, 3.63) is 69.5 Å². The number of carbonyl (C=O) groups excluding carboxylic acids is 2. The fourth-order valence-electron chi connectivity index (χ4n) is 2.92. The lowest BCUT2D eigenvalue weighted by Gasteiger charge is -2.10. The molecule has 0 aliphatic heterocycles. The van der Waals surface area contributed by atoms with Crippen LogP contribution in [0.15, 0.2) is 36.4 Å².